The van der Waals surface area contributed by atoms with Crippen LogP contribution in [0.15, 0.2) is 48.5 Å². The van der Waals surface area contributed by atoms with Crippen molar-refractivity contribution in [3.63, 3.8) is 0 Å². The van der Waals surface area contributed by atoms with E-state index in [0.29, 0.717) is 10.6 Å². The Labute approximate surface area is 172 Å². The Morgan fingerprint density at radius 1 is 0.931 bits per heavy atom. The molecule has 152 valence electrons. The molecule has 0 heterocycles. The summed E-state index contributed by atoms with van der Waals surface area (Å²) in [6.45, 7) is 1.34. The molecule has 2 aromatic rings. The molecule has 1 amide bonds. The number of hydrogen-bond donors (Lipinski definition) is 1. The van der Waals surface area contributed by atoms with Gasteiger partial charge in [-0.15, -0.1) is 0 Å². The second-order valence-corrected chi connectivity index (χ2v) is 6.34. The molecule has 8 heteroatoms. The molecule has 0 aliphatic rings. The summed E-state index contributed by atoms with van der Waals surface area (Å²) in [4.78, 5) is 47.7. The highest BCUT2D eigenvalue weighted by Crippen LogP contribution is 2.16. The average Bonchev–Trinajstić information content (AvgIpc) is 2.71. The third-order valence-corrected chi connectivity index (χ3v) is 4.04. The third kappa shape index (κ3) is 7.04. The highest BCUT2D eigenvalue weighted by atomic mass is 35.5. The van der Waals surface area contributed by atoms with Crippen LogP contribution in [0.2, 0.25) is 5.02 Å². The maximum Gasteiger partial charge on any atom is 0.340 e. The van der Waals surface area contributed by atoms with Gasteiger partial charge in [0.1, 0.15) is 0 Å². The number of ether oxygens (including phenoxy) is 2. The van der Waals surface area contributed by atoms with Gasteiger partial charge in [0.15, 0.2) is 12.4 Å². The minimum absolute atomic E-state index is 0.0478. The number of halogens is 1. The van der Waals surface area contributed by atoms with Gasteiger partial charge in [0.2, 0.25) is 0 Å². The van der Waals surface area contributed by atoms with Gasteiger partial charge in [0, 0.05) is 17.0 Å². The molecule has 0 saturated carbocycles. The number of ketones is 1. The Bertz CT molecular complexity index is 894. The lowest BCUT2D eigenvalue weighted by Crippen LogP contribution is -2.22. The molecule has 0 radical (unpaired) electrons. The smallest absolute Gasteiger partial charge is 0.340 e. The van der Waals surface area contributed by atoms with Crippen LogP contribution in [-0.2, 0) is 19.1 Å². The number of hydrogen-bond acceptors (Lipinski definition) is 6. The molecule has 29 heavy (non-hydrogen) atoms. The second-order valence-electron chi connectivity index (χ2n) is 5.90. The number of anilines is 1. The molecule has 0 saturated heterocycles. The molecule has 0 fully saturated rings. The number of carbonyl (C=O) groups is 4. The molecule has 0 aliphatic carbocycles. The van der Waals surface area contributed by atoms with E-state index in [1.54, 1.807) is 43.3 Å². The molecular formula is C21H20ClNO6. The topological polar surface area (TPSA) is 98.8 Å². The maximum absolute atomic E-state index is 12.0. The van der Waals surface area contributed by atoms with Crippen molar-refractivity contribution in [3.05, 3.63) is 64.7 Å². The van der Waals surface area contributed by atoms with Crippen molar-refractivity contribution in [2.75, 3.05) is 18.5 Å². The summed E-state index contributed by atoms with van der Waals surface area (Å²) in [6.07, 6.45) is -0.206. The number of nitrogens with one attached hydrogen (secondary N) is 1. The van der Waals surface area contributed by atoms with Gasteiger partial charge in [-0.1, -0.05) is 23.7 Å². The van der Waals surface area contributed by atoms with Crippen LogP contribution in [0, 0.1) is 0 Å². The van der Waals surface area contributed by atoms with E-state index in [0.717, 1.165) is 0 Å². The van der Waals surface area contributed by atoms with E-state index >= 15 is 0 Å². The Morgan fingerprint density at radius 3 is 2.31 bits per heavy atom. The highest BCUT2D eigenvalue weighted by molar-refractivity contribution is 6.30. The zero-order valence-electron chi connectivity index (χ0n) is 15.8. The van der Waals surface area contributed by atoms with E-state index in [2.05, 4.69) is 5.32 Å². The zero-order chi connectivity index (χ0) is 21.2. The summed E-state index contributed by atoms with van der Waals surface area (Å²) < 4.78 is 9.82. The van der Waals surface area contributed by atoms with E-state index in [-0.39, 0.29) is 36.5 Å². The molecule has 0 atom stereocenters. The van der Waals surface area contributed by atoms with Crippen molar-refractivity contribution in [2.24, 2.45) is 0 Å². The monoisotopic (exact) mass is 417 g/mol. The maximum atomic E-state index is 12.0. The molecule has 2 rings (SSSR count). The largest absolute Gasteiger partial charge is 0.462 e. The lowest BCUT2D eigenvalue weighted by molar-refractivity contribution is -0.147. The standard InChI is InChI=1S/C21H20ClNO6/c1-2-28-21(27)16-5-3-4-6-17(16)23-19(25)13-29-20(26)12-11-18(24)14-7-9-15(22)10-8-14/h3-10H,2,11-13H2,1H3,(H,23,25). The van der Waals surface area contributed by atoms with Crippen LogP contribution in [0.4, 0.5) is 5.69 Å². The number of carbonyl (C=O) groups excluding carboxylic acids is 4. The zero-order valence-corrected chi connectivity index (χ0v) is 16.5. The van der Waals surface area contributed by atoms with Crippen molar-refractivity contribution in [1.82, 2.24) is 0 Å². The van der Waals surface area contributed by atoms with E-state index < -0.39 is 24.5 Å². The van der Waals surface area contributed by atoms with Crippen molar-refractivity contribution in [1.29, 1.82) is 0 Å². The Kier molecular flexibility index (Phi) is 8.36. The number of benzene rings is 2. The first kappa shape index (κ1) is 22.1. The van der Waals surface area contributed by atoms with Gasteiger partial charge in [-0.05, 0) is 43.3 Å². The summed E-state index contributed by atoms with van der Waals surface area (Å²) in [5.74, 6) is -2.09. The predicted molar refractivity (Wildman–Crippen MR) is 107 cm³/mol. The van der Waals surface area contributed by atoms with E-state index in [9.17, 15) is 19.2 Å². The van der Waals surface area contributed by atoms with E-state index in [4.69, 9.17) is 21.1 Å². The number of amides is 1. The first-order valence-electron chi connectivity index (χ1n) is 8.91. The summed E-state index contributed by atoms with van der Waals surface area (Å²) >= 11 is 5.77. The first-order valence-corrected chi connectivity index (χ1v) is 9.29. The fraction of sp³-hybridized carbons (Fsp3) is 0.238. The fourth-order valence-corrected chi connectivity index (χ4v) is 2.51. The van der Waals surface area contributed by atoms with Gasteiger partial charge < -0.3 is 14.8 Å². The fourth-order valence-electron chi connectivity index (χ4n) is 2.38. The van der Waals surface area contributed by atoms with Crippen LogP contribution >= 0.6 is 11.6 Å². The second kappa shape index (κ2) is 11.0. The Morgan fingerprint density at radius 2 is 1.62 bits per heavy atom. The minimum atomic E-state index is -0.679. The summed E-state index contributed by atoms with van der Waals surface area (Å²) in [7, 11) is 0. The van der Waals surface area contributed by atoms with Crippen LogP contribution in [0.3, 0.4) is 0 Å². The lowest BCUT2D eigenvalue weighted by Gasteiger charge is -2.10. The van der Waals surface area contributed by atoms with Crippen molar-refractivity contribution in [3.8, 4) is 0 Å². The summed E-state index contributed by atoms with van der Waals surface area (Å²) in [6, 6.07) is 12.7. The van der Waals surface area contributed by atoms with E-state index in [1.165, 1.54) is 12.1 Å². The molecule has 2 aromatic carbocycles. The number of esters is 2. The van der Waals surface area contributed by atoms with Gasteiger partial charge in [0.05, 0.1) is 24.3 Å². The van der Waals surface area contributed by atoms with Crippen LogP contribution in [-0.4, -0.2) is 36.8 Å². The quantitative estimate of drug-likeness (QED) is 0.493. The SMILES string of the molecule is CCOC(=O)c1ccccc1NC(=O)COC(=O)CCC(=O)c1ccc(Cl)cc1. The molecule has 0 unspecified atom stereocenters. The average molecular weight is 418 g/mol. The molecule has 0 aliphatic heterocycles. The highest BCUT2D eigenvalue weighted by Gasteiger charge is 2.15. The number of para-hydroxylation sites is 1. The molecular weight excluding hydrogens is 398 g/mol. The molecule has 1 N–H and O–H groups in total. The molecule has 0 bridgehead atoms. The number of Topliss-reactive ketones (excluding diaryl/α,β-unsaturated/α-hetero) is 1. The van der Waals surface area contributed by atoms with Crippen LogP contribution in [0.1, 0.15) is 40.5 Å². The third-order valence-electron chi connectivity index (χ3n) is 3.78. The molecule has 0 aromatic heterocycles. The lowest BCUT2D eigenvalue weighted by atomic mass is 10.1. The Balaban J connectivity index is 1.80. The van der Waals surface area contributed by atoms with E-state index in [1.807, 2.05) is 0 Å². The molecule has 0 spiro atoms. The summed E-state index contributed by atoms with van der Waals surface area (Å²) in [5.41, 5.74) is 0.892. The van der Waals surface area contributed by atoms with Crippen molar-refractivity contribution in [2.45, 2.75) is 19.8 Å². The normalized spacial score (nSPS) is 10.1. The van der Waals surface area contributed by atoms with Gasteiger partial charge in [-0.25, -0.2) is 4.79 Å². The Hall–Kier alpha value is -3.19. The minimum Gasteiger partial charge on any atom is -0.462 e. The number of rotatable bonds is 9. The van der Waals surface area contributed by atoms with Crippen molar-refractivity contribution < 1.29 is 28.7 Å². The van der Waals surface area contributed by atoms with Crippen LogP contribution in [0.25, 0.3) is 0 Å². The molecule has 7 nitrogen and oxygen atoms in total. The van der Waals surface area contributed by atoms with Crippen molar-refractivity contribution >= 4 is 40.9 Å². The van der Waals surface area contributed by atoms with Gasteiger partial charge in [0.25, 0.3) is 5.91 Å². The van der Waals surface area contributed by atoms with Crippen LogP contribution in [0.5, 0.6) is 0 Å². The summed E-state index contributed by atoms with van der Waals surface area (Å²) in [5, 5.41) is 3.02. The van der Waals surface area contributed by atoms with Gasteiger partial charge >= 0.3 is 11.9 Å². The first-order chi connectivity index (χ1) is 13.9. The van der Waals surface area contributed by atoms with Crippen LogP contribution < -0.4 is 5.32 Å². The van der Waals surface area contributed by atoms with Gasteiger partial charge in [-0.2, -0.15) is 0 Å². The van der Waals surface area contributed by atoms with Gasteiger partial charge in [-0.3, -0.25) is 14.4 Å². The predicted octanol–water partition coefficient (Wildman–Crippen LogP) is 3.66.